The van der Waals surface area contributed by atoms with Crippen molar-refractivity contribution < 1.29 is 9.18 Å². The lowest BCUT2D eigenvalue weighted by molar-refractivity contribution is -0.122. The third-order valence-electron chi connectivity index (χ3n) is 4.46. The number of benzene rings is 1. The fourth-order valence-corrected chi connectivity index (χ4v) is 3.06. The van der Waals surface area contributed by atoms with E-state index in [1.165, 1.54) is 6.07 Å². The summed E-state index contributed by atoms with van der Waals surface area (Å²) in [5, 5.41) is 6.36. The Balaban J connectivity index is 0.00000161. The largest absolute Gasteiger partial charge is 0.346 e. The molecular formula is C16H22ClFN2O. The molecule has 21 heavy (non-hydrogen) atoms. The van der Waals surface area contributed by atoms with Crippen LogP contribution in [0.2, 0.25) is 0 Å². The summed E-state index contributed by atoms with van der Waals surface area (Å²) in [4.78, 5) is 12.1. The summed E-state index contributed by atoms with van der Waals surface area (Å²) in [7, 11) is 0. The van der Waals surface area contributed by atoms with Gasteiger partial charge in [0.25, 0.3) is 0 Å². The number of rotatable bonds is 5. The van der Waals surface area contributed by atoms with Crippen molar-refractivity contribution in [3.63, 3.8) is 0 Å². The molecule has 3 nitrogen and oxygen atoms in total. The van der Waals surface area contributed by atoms with Crippen molar-refractivity contribution in [1.82, 2.24) is 10.6 Å². The summed E-state index contributed by atoms with van der Waals surface area (Å²) >= 11 is 0. The van der Waals surface area contributed by atoms with E-state index in [9.17, 15) is 9.18 Å². The molecule has 1 atom stereocenters. The van der Waals surface area contributed by atoms with Crippen molar-refractivity contribution in [2.24, 2.45) is 5.92 Å². The van der Waals surface area contributed by atoms with Gasteiger partial charge in [0.2, 0.25) is 5.91 Å². The van der Waals surface area contributed by atoms with E-state index in [-0.39, 0.29) is 24.1 Å². The van der Waals surface area contributed by atoms with E-state index in [4.69, 9.17) is 0 Å². The number of nitrogens with one attached hydrogen (secondary N) is 2. The van der Waals surface area contributed by atoms with Gasteiger partial charge < -0.3 is 10.6 Å². The number of hydrogen-bond acceptors (Lipinski definition) is 2. The zero-order valence-electron chi connectivity index (χ0n) is 12.0. The second-order valence-electron chi connectivity index (χ2n) is 6.01. The van der Waals surface area contributed by atoms with Gasteiger partial charge >= 0.3 is 0 Å². The molecule has 0 aromatic heterocycles. The molecule has 1 heterocycles. The first kappa shape index (κ1) is 16.2. The van der Waals surface area contributed by atoms with Crippen molar-refractivity contribution in [3.05, 3.63) is 35.6 Å². The number of carbonyl (C=O) groups excluding carboxylic acids is 1. The summed E-state index contributed by atoms with van der Waals surface area (Å²) in [5.74, 6) is 0.451. The molecule has 1 aromatic carbocycles. The van der Waals surface area contributed by atoms with Crippen LogP contribution >= 0.6 is 12.4 Å². The second kappa shape index (κ2) is 6.75. The van der Waals surface area contributed by atoms with Gasteiger partial charge in [-0.3, -0.25) is 4.79 Å². The van der Waals surface area contributed by atoms with Crippen LogP contribution in [0.3, 0.4) is 0 Å². The van der Waals surface area contributed by atoms with Crippen LogP contribution in [0.15, 0.2) is 24.3 Å². The Bertz CT molecular complexity index is 499. The maximum atomic E-state index is 13.8. The van der Waals surface area contributed by atoms with Crippen LogP contribution < -0.4 is 10.6 Å². The Morgan fingerprint density at radius 1 is 1.38 bits per heavy atom. The molecule has 2 N–H and O–H groups in total. The molecule has 1 unspecified atom stereocenters. The number of carbonyl (C=O) groups is 1. The number of amides is 1. The molecule has 1 saturated carbocycles. The van der Waals surface area contributed by atoms with Gasteiger partial charge in [0.05, 0.1) is 5.54 Å². The van der Waals surface area contributed by atoms with Gasteiger partial charge in [-0.05, 0) is 50.8 Å². The van der Waals surface area contributed by atoms with Crippen LogP contribution in [0, 0.1) is 11.7 Å². The molecule has 2 fully saturated rings. The lowest BCUT2D eigenvalue weighted by Gasteiger charge is -2.19. The second-order valence-corrected chi connectivity index (χ2v) is 6.01. The van der Waals surface area contributed by atoms with Crippen molar-refractivity contribution in [1.29, 1.82) is 0 Å². The minimum Gasteiger partial charge on any atom is -0.346 e. The third-order valence-corrected chi connectivity index (χ3v) is 4.46. The van der Waals surface area contributed by atoms with Crippen molar-refractivity contribution >= 4 is 18.3 Å². The Morgan fingerprint density at radius 3 is 2.76 bits per heavy atom. The highest BCUT2D eigenvalue weighted by atomic mass is 35.5. The molecular weight excluding hydrogens is 291 g/mol. The minimum atomic E-state index is -0.434. The van der Waals surface area contributed by atoms with Crippen LogP contribution in [-0.2, 0) is 10.3 Å². The summed E-state index contributed by atoms with van der Waals surface area (Å²) < 4.78 is 13.8. The van der Waals surface area contributed by atoms with Crippen molar-refractivity contribution in [2.75, 3.05) is 13.1 Å². The number of halogens is 2. The van der Waals surface area contributed by atoms with Gasteiger partial charge in [0.1, 0.15) is 5.82 Å². The summed E-state index contributed by atoms with van der Waals surface area (Å²) in [6.07, 6.45) is 4.30. The Kier molecular flexibility index (Phi) is 5.22. The first-order chi connectivity index (χ1) is 9.70. The maximum absolute atomic E-state index is 13.8. The zero-order valence-corrected chi connectivity index (χ0v) is 12.8. The van der Waals surface area contributed by atoms with Crippen LogP contribution in [0.25, 0.3) is 0 Å². The molecule has 1 amide bonds. The lowest BCUT2D eigenvalue weighted by atomic mass is 10.0. The predicted molar refractivity (Wildman–Crippen MR) is 82.9 cm³/mol. The van der Waals surface area contributed by atoms with Crippen LogP contribution in [-0.4, -0.2) is 19.0 Å². The average molecular weight is 313 g/mol. The first-order valence-electron chi connectivity index (χ1n) is 7.46. The Morgan fingerprint density at radius 2 is 2.14 bits per heavy atom. The molecule has 0 spiro atoms. The normalized spacial score (nSPS) is 22.4. The van der Waals surface area contributed by atoms with Gasteiger partial charge in [-0.2, -0.15) is 0 Å². The highest BCUT2D eigenvalue weighted by molar-refractivity contribution is 5.85. The molecule has 1 aromatic rings. The van der Waals surface area contributed by atoms with E-state index in [1.54, 1.807) is 12.1 Å². The molecule has 2 aliphatic rings. The van der Waals surface area contributed by atoms with Gasteiger partial charge in [0, 0.05) is 12.0 Å². The van der Waals surface area contributed by atoms with E-state index >= 15 is 0 Å². The van der Waals surface area contributed by atoms with Crippen LogP contribution in [0.1, 0.15) is 37.7 Å². The Hall–Kier alpha value is -1.13. The smallest absolute Gasteiger partial charge is 0.220 e. The summed E-state index contributed by atoms with van der Waals surface area (Å²) in [5.41, 5.74) is 0.201. The molecule has 0 bridgehead atoms. The van der Waals surface area contributed by atoms with Crippen molar-refractivity contribution in [3.8, 4) is 0 Å². The van der Waals surface area contributed by atoms with E-state index in [1.807, 2.05) is 6.07 Å². The quantitative estimate of drug-likeness (QED) is 0.878. The highest BCUT2D eigenvalue weighted by Gasteiger charge is 2.47. The monoisotopic (exact) mass is 312 g/mol. The molecule has 0 radical (unpaired) electrons. The molecule has 5 heteroatoms. The summed E-state index contributed by atoms with van der Waals surface area (Å²) in [6, 6.07) is 6.76. The van der Waals surface area contributed by atoms with Crippen LogP contribution in [0.4, 0.5) is 4.39 Å². The SMILES string of the molecule is Cl.O=C(CCC1CCNC1)NC1(c2ccccc2F)CC1. The molecule has 1 saturated heterocycles. The zero-order chi connectivity index (χ0) is 14.0. The van der Waals surface area contributed by atoms with E-state index < -0.39 is 5.54 Å². The predicted octanol–water partition coefficient (Wildman–Crippen LogP) is 2.74. The first-order valence-corrected chi connectivity index (χ1v) is 7.46. The molecule has 116 valence electrons. The van der Waals surface area contributed by atoms with Gasteiger partial charge in [-0.1, -0.05) is 18.2 Å². The molecule has 1 aliphatic heterocycles. The van der Waals surface area contributed by atoms with E-state index in [2.05, 4.69) is 10.6 Å². The highest BCUT2D eigenvalue weighted by Crippen LogP contribution is 2.46. The van der Waals surface area contributed by atoms with E-state index in [0.717, 1.165) is 38.8 Å². The number of hydrogen-bond donors (Lipinski definition) is 2. The minimum absolute atomic E-state index is 0. The third kappa shape index (κ3) is 3.74. The fourth-order valence-electron chi connectivity index (χ4n) is 3.06. The molecule has 3 rings (SSSR count). The lowest BCUT2D eigenvalue weighted by Crippen LogP contribution is -2.35. The van der Waals surface area contributed by atoms with Crippen LogP contribution in [0.5, 0.6) is 0 Å². The Labute approximate surface area is 131 Å². The van der Waals surface area contributed by atoms with Gasteiger partial charge in [-0.25, -0.2) is 4.39 Å². The topological polar surface area (TPSA) is 41.1 Å². The summed E-state index contributed by atoms with van der Waals surface area (Å²) in [6.45, 7) is 2.08. The van der Waals surface area contributed by atoms with Gasteiger partial charge in [-0.15, -0.1) is 12.4 Å². The van der Waals surface area contributed by atoms with Crippen molar-refractivity contribution in [2.45, 2.75) is 37.6 Å². The van der Waals surface area contributed by atoms with E-state index in [0.29, 0.717) is 17.9 Å². The fraction of sp³-hybridized carbons (Fsp3) is 0.562. The maximum Gasteiger partial charge on any atom is 0.220 e. The standard InChI is InChI=1S/C16H21FN2O.ClH/c17-14-4-2-1-3-13(14)16(8-9-16)19-15(20)6-5-12-7-10-18-11-12;/h1-4,12,18H,5-11H2,(H,19,20);1H. The molecule has 1 aliphatic carbocycles. The van der Waals surface area contributed by atoms with Gasteiger partial charge in [0.15, 0.2) is 0 Å². The average Bonchev–Trinajstić information content (AvgIpc) is 3.02.